The molecule has 0 saturated carbocycles. The molecule has 0 fully saturated rings. The lowest BCUT2D eigenvalue weighted by atomic mass is 10.1. The zero-order valence-corrected chi connectivity index (χ0v) is 10.2. The minimum atomic E-state index is -1.12. The maximum Gasteiger partial charge on any atom is 0.341 e. The average Bonchev–Trinajstić information content (AvgIpc) is 2.28. The number of aromatic carboxylic acids is 1. The summed E-state index contributed by atoms with van der Waals surface area (Å²) >= 11 is 5.98. The molecule has 0 spiro atoms. The number of carboxylic acid groups (broad SMARTS) is 1. The fourth-order valence-corrected chi connectivity index (χ4v) is 2.08. The zero-order valence-electron chi connectivity index (χ0n) is 9.49. The highest BCUT2D eigenvalue weighted by molar-refractivity contribution is 6.35. The first-order chi connectivity index (χ1) is 8.06. The van der Waals surface area contributed by atoms with Crippen molar-refractivity contribution in [3.8, 4) is 11.5 Å². The molecule has 0 aromatic heterocycles. The fraction of sp³-hybridized carbons (Fsp3) is 0.364. The van der Waals surface area contributed by atoms with Gasteiger partial charge in [-0.2, -0.15) is 0 Å². The van der Waals surface area contributed by atoms with E-state index in [1.807, 2.05) is 11.9 Å². The lowest BCUT2D eigenvalue weighted by Gasteiger charge is -2.29. The molecule has 0 aliphatic carbocycles. The Morgan fingerprint density at radius 1 is 1.65 bits per heavy atom. The van der Waals surface area contributed by atoms with Crippen LogP contribution in [0.4, 0.5) is 5.69 Å². The van der Waals surface area contributed by atoms with Gasteiger partial charge in [-0.1, -0.05) is 11.6 Å². The van der Waals surface area contributed by atoms with Crippen LogP contribution in [-0.4, -0.2) is 38.4 Å². The molecule has 0 bridgehead atoms. The largest absolute Gasteiger partial charge is 0.495 e. The van der Waals surface area contributed by atoms with Crippen LogP contribution in [0.2, 0.25) is 5.02 Å². The predicted molar refractivity (Wildman–Crippen MR) is 63.7 cm³/mol. The Kier molecular flexibility index (Phi) is 3.02. The van der Waals surface area contributed by atoms with Crippen LogP contribution in [-0.2, 0) is 0 Å². The number of rotatable bonds is 2. The van der Waals surface area contributed by atoms with Gasteiger partial charge in [-0.25, -0.2) is 4.79 Å². The van der Waals surface area contributed by atoms with E-state index in [-0.39, 0.29) is 10.6 Å². The van der Waals surface area contributed by atoms with E-state index in [0.717, 1.165) is 0 Å². The number of halogens is 1. The lowest BCUT2D eigenvalue weighted by Crippen LogP contribution is -2.30. The van der Waals surface area contributed by atoms with Crippen molar-refractivity contribution in [2.24, 2.45) is 0 Å². The van der Waals surface area contributed by atoms with Crippen LogP contribution in [0.1, 0.15) is 10.4 Å². The molecule has 2 rings (SSSR count). The summed E-state index contributed by atoms with van der Waals surface area (Å²) < 4.78 is 10.5. The standard InChI is InChI=1S/C11H12ClNO4/c1-13-3-4-17-10-6(13)5-7(16-2)9(12)8(10)11(14)15/h5H,3-4H2,1-2H3,(H,14,15). The Labute approximate surface area is 103 Å². The Morgan fingerprint density at radius 2 is 2.35 bits per heavy atom. The van der Waals surface area contributed by atoms with Crippen molar-refractivity contribution < 1.29 is 19.4 Å². The van der Waals surface area contributed by atoms with Crippen molar-refractivity contribution in [3.05, 3.63) is 16.7 Å². The Balaban J connectivity index is 2.71. The molecule has 0 saturated heterocycles. The monoisotopic (exact) mass is 257 g/mol. The van der Waals surface area contributed by atoms with Crippen LogP contribution < -0.4 is 14.4 Å². The number of benzene rings is 1. The van der Waals surface area contributed by atoms with Gasteiger partial charge in [-0.15, -0.1) is 0 Å². The van der Waals surface area contributed by atoms with Gasteiger partial charge in [0, 0.05) is 13.1 Å². The molecule has 92 valence electrons. The number of methoxy groups -OCH3 is 1. The number of hydrogen-bond acceptors (Lipinski definition) is 4. The molecule has 17 heavy (non-hydrogen) atoms. The van der Waals surface area contributed by atoms with Gasteiger partial charge in [0.05, 0.1) is 19.3 Å². The first kappa shape index (κ1) is 11.9. The van der Waals surface area contributed by atoms with E-state index >= 15 is 0 Å². The maximum absolute atomic E-state index is 11.2. The van der Waals surface area contributed by atoms with Gasteiger partial charge in [-0.3, -0.25) is 0 Å². The van der Waals surface area contributed by atoms with E-state index in [2.05, 4.69) is 0 Å². The third-order valence-corrected chi connectivity index (χ3v) is 3.06. The van der Waals surface area contributed by atoms with Gasteiger partial charge in [0.15, 0.2) is 5.75 Å². The van der Waals surface area contributed by atoms with Crippen LogP contribution in [0.15, 0.2) is 6.07 Å². The number of hydrogen-bond donors (Lipinski definition) is 1. The van der Waals surface area contributed by atoms with Gasteiger partial charge < -0.3 is 19.5 Å². The van der Waals surface area contributed by atoms with Crippen molar-refractivity contribution >= 4 is 23.3 Å². The highest BCUT2D eigenvalue weighted by atomic mass is 35.5. The second kappa shape index (κ2) is 4.33. The van der Waals surface area contributed by atoms with Crippen LogP contribution in [0.25, 0.3) is 0 Å². The number of anilines is 1. The third kappa shape index (κ3) is 1.86. The highest BCUT2D eigenvalue weighted by Gasteiger charge is 2.27. The maximum atomic E-state index is 11.2. The minimum Gasteiger partial charge on any atom is -0.495 e. The summed E-state index contributed by atoms with van der Waals surface area (Å²) in [6.45, 7) is 1.13. The van der Waals surface area contributed by atoms with Crippen molar-refractivity contribution in [2.75, 3.05) is 32.2 Å². The molecule has 1 aromatic carbocycles. The predicted octanol–water partition coefficient (Wildman–Crippen LogP) is 1.88. The van der Waals surface area contributed by atoms with Gasteiger partial charge in [0.1, 0.15) is 22.9 Å². The van der Waals surface area contributed by atoms with Gasteiger partial charge in [0.2, 0.25) is 0 Å². The normalized spacial score (nSPS) is 13.9. The second-order valence-corrected chi connectivity index (χ2v) is 4.07. The molecule has 1 heterocycles. The molecule has 0 radical (unpaired) electrons. The molecule has 0 atom stereocenters. The average molecular weight is 258 g/mol. The van der Waals surface area contributed by atoms with E-state index in [1.165, 1.54) is 7.11 Å². The lowest BCUT2D eigenvalue weighted by molar-refractivity contribution is 0.0691. The summed E-state index contributed by atoms with van der Waals surface area (Å²) in [4.78, 5) is 13.1. The SMILES string of the molecule is COc1cc2c(c(C(=O)O)c1Cl)OCCN2C. The van der Waals surface area contributed by atoms with E-state index in [4.69, 9.17) is 21.1 Å². The number of carboxylic acids is 1. The number of likely N-dealkylation sites (N-methyl/N-ethyl adjacent to an activating group) is 1. The Bertz CT molecular complexity index is 475. The van der Waals surface area contributed by atoms with Crippen LogP contribution in [0, 0.1) is 0 Å². The molecule has 0 unspecified atom stereocenters. The molecular formula is C11H12ClNO4. The van der Waals surface area contributed by atoms with E-state index < -0.39 is 5.97 Å². The second-order valence-electron chi connectivity index (χ2n) is 3.69. The summed E-state index contributed by atoms with van der Waals surface area (Å²) in [6.07, 6.45) is 0. The number of fused-ring (bicyclic) bond motifs is 1. The molecule has 1 aliphatic rings. The van der Waals surface area contributed by atoms with Crippen molar-refractivity contribution in [1.29, 1.82) is 0 Å². The van der Waals surface area contributed by atoms with Crippen LogP contribution in [0.5, 0.6) is 11.5 Å². The van der Waals surface area contributed by atoms with Crippen molar-refractivity contribution in [2.45, 2.75) is 0 Å². The van der Waals surface area contributed by atoms with Crippen LogP contribution in [0.3, 0.4) is 0 Å². The summed E-state index contributed by atoms with van der Waals surface area (Å²) in [5.74, 6) is -0.488. The smallest absolute Gasteiger partial charge is 0.341 e. The summed E-state index contributed by atoms with van der Waals surface area (Å²) in [7, 11) is 3.31. The van der Waals surface area contributed by atoms with E-state index in [0.29, 0.717) is 30.3 Å². The van der Waals surface area contributed by atoms with Crippen molar-refractivity contribution in [1.82, 2.24) is 0 Å². The van der Waals surface area contributed by atoms with Gasteiger partial charge >= 0.3 is 5.97 Å². The quantitative estimate of drug-likeness (QED) is 0.877. The van der Waals surface area contributed by atoms with E-state index in [9.17, 15) is 9.90 Å². The molecular weight excluding hydrogens is 246 g/mol. The molecule has 0 amide bonds. The summed E-state index contributed by atoms with van der Waals surface area (Å²) in [5.41, 5.74) is 0.627. The Morgan fingerprint density at radius 3 is 2.94 bits per heavy atom. The molecule has 5 nitrogen and oxygen atoms in total. The van der Waals surface area contributed by atoms with Gasteiger partial charge in [-0.05, 0) is 0 Å². The number of carbonyl (C=O) groups is 1. The topological polar surface area (TPSA) is 59.0 Å². The zero-order chi connectivity index (χ0) is 12.6. The van der Waals surface area contributed by atoms with Crippen molar-refractivity contribution in [3.63, 3.8) is 0 Å². The van der Waals surface area contributed by atoms with Gasteiger partial charge in [0.25, 0.3) is 0 Å². The molecule has 1 N–H and O–H groups in total. The Hall–Kier alpha value is -1.62. The van der Waals surface area contributed by atoms with Crippen LogP contribution >= 0.6 is 11.6 Å². The minimum absolute atomic E-state index is 0.0485. The highest BCUT2D eigenvalue weighted by Crippen LogP contribution is 2.43. The fourth-order valence-electron chi connectivity index (χ4n) is 1.78. The molecule has 1 aromatic rings. The first-order valence-electron chi connectivity index (χ1n) is 5.04. The summed E-state index contributed by atoms with van der Waals surface area (Å²) in [5, 5.41) is 9.25. The third-order valence-electron chi connectivity index (χ3n) is 2.68. The first-order valence-corrected chi connectivity index (χ1v) is 5.41. The van der Waals surface area contributed by atoms with E-state index in [1.54, 1.807) is 6.07 Å². The summed E-state index contributed by atoms with van der Waals surface area (Å²) in [6, 6.07) is 1.68. The number of nitrogens with zero attached hydrogens (tertiary/aromatic N) is 1. The molecule has 1 aliphatic heterocycles. The molecule has 6 heteroatoms. The number of ether oxygens (including phenoxy) is 2.